The number of carbonyl (C=O) groups excluding carboxylic acids is 1. The number of rotatable bonds is 4. The second-order valence-corrected chi connectivity index (χ2v) is 9.61. The summed E-state index contributed by atoms with van der Waals surface area (Å²) in [4.78, 5) is 14.3. The topological polar surface area (TPSA) is 81.1 Å². The van der Waals surface area contributed by atoms with Crippen molar-refractivity contribution in [2.24, 2.45) is 0 Å². The Labute approximate surface area is 216 Å². The molecule has 11 heteroatoms. The number of hydrogen-bond donors (Lipinski definition) is 2. The first-order chi connectivity index (χ1) is 15.7. The molecule has 0 bridgehead atoms. The van der Waals surface area contributed by atoms with Crippen molar-refractivity contribution < 1.29 is 9.53 Å². The molecular weight excluding hydrogens is 594 g/mol. The third kappa shape index (κ3) is 5.19. The van der Waals surface area contributed by atoms with E-state index in [0.717, 1.165) is 11.3 Å². The molecular formula is C22H16Br2ClN5O2S. The van der Waals surface area contributed by atoms with Crippen LogP contribution < -0.4 is 15.4 Å². The molecule has 1 aromatic heterocycles. The van der Waals surface area contributed by atoms with Gasteiger partial charge in [0.05, 0.1) is 33.5 Å². The molecule has 33 heavy (non-hydrogen) atoms. The van der Waals surface area contributed by atoms with Gasteiger partial charge >= 0.3 is 0 Å². The molecule has 1 amide bonds. The Kier molecular flexibility index (Phi) is 6.99. The molecule has 0 atom stereocenters. The van der Waals surface area contributed by atoms with Crippen molar-refractivity contribution >= 4 is 83.4 Å². The maximum Gasteiger partial charge on any atom is 0.261 e. The third-order valence-electron chi connectivity index (χ3n) is 4.67. The highest BCUT2D eigenvalue weighted by molar-refractivity contribution is 9.11. The number of benzene rings is 3. The average Bonchev–Trinajstić information content (AvgIpc) is 3.16. The molecule has 0 aliphatic heterocycles. The molecule has 0 unspecified atom stereocenters. The minimum atomic E-state index is -0.436. The molecule has 0 fully saturated rings. The lowest BCUT2D eigenvalue weighted by atomic mass is 10.2. The summed E-state index contributed by atoms with van der Waals surface area (Å²) < 4.78 is 6.68. The highest BCUT2D eigenvalue weighted by Gasteiger charge is 2.18. The lowest BCUT2D eigenvalue weighted by Gasteiger charge is -2.13. The molecule has 2 N–H and O–H groups in total. The Morgan fingerprint density at radius 3 is 2.42 bits per heavy atom. The van der Waals surface area contributed by atoms with Gasteiger partial charge in [-0.2, -0.15) is 4.80 Å². The van der Waals surface area contributed by atoms with Gasteiger partial charge in [0, 0.05) is 4.47 Å². The summed E-state index contributed by atoms with van der Waals surface area (Å²) in [6.45, 7) is 2.02. The number of carbonyl (C=O) groups is 1. The van der Waals surface area contributed by atoms with Gasteiger partial charge in [0.2, 0.25) is 0 Å². The van der Waals surface area contributed by atoms with Crippen LogP contribution in [0.4, 0.5) is 5.69 Å². The maximum atomic E-state index is 12.8. The standard InChI is InChI=1S/C22H16Br2ClN5O2S/c1-11-3-5-13(6-4-11)30-28-18-9-16(25)17(10-19(18)29-30)26-22(33)27-21(31)14-7-12(23)8-15(24)20(14)32-2/h3-10H,1-2H3,(H2,26,27,31,33). The predicted molar refractivity (Wildman–Crippen MR) is 141 cm³/mol. The van der Waals surface area contributed by atoms with Gasteiger partial charge in [-0.3, -0.25) is 10.1 Å². The first-order valence-corrected chi connectivity index (χ1v) is 11.9. The van der Waals surface area contributed by atoms with E-state index in [0.29, 0.717) is 42.0 Å². The molecule has 1 heterocycles. The molecule has 7 nitrogen and oxygen atoms in total. The number of aryl methyl sites for hydroxylation is 1. The summed E-state index contributed by atoms with van der Waals surface area (Å²) in [6.07, 6.45) is 0. The molecule has 0 radical (unpaired) electrons. The van der Waals surface area contributed by atoms with E-state index in [2.05, 4.69) is 52.7 Å². The van der Waals surface area contributed by atoms with E-state index in [1.54, 1.807) is 29.1 Å². The van der Waals surface area contributed by atoms with Crippen molar-refractivity contribution in [3.05, 3.63) is 73.6 Å². The number of hydrogen-bond acceptors (Lipinski definition) is 5. The number of fused-ring (bicyclic) bond motifs is 1. The predicted octanol–water partition coefficient (Wildman–Crippen LogP) is 6.04. The Balaban J connectivity index is 1.55. The molecule has 0 saturated carbocycles. The number of thiocarbonyl (C=S) groups is 1. The van der Waals surface area contributed by atoms with Crippen LogP contribution in [0.5, 0.6) is 5.75 Å². The van der Waals surface area contributed by atoms with E-state index in [1.807, 2.05) is 31.2 Å². The van der Waals surface area contributed by atoms with Gasteiger partial charge < -0.3 is 10.1 Å². The van der Waals surface area contributed by atoms with Gasteiger partial charge in [0.25, 0.3) is 5.91 Å². The van der Waals surface area contributed by atoms with Gasteiger partial charge in [-0.15, -0.1) is 10.2 Å². The van der Waals surface area contributed by atoms with E-state index in [9.17, 15) is 4.79 Å². The fourth-order valence-corrected chi connectivity index (χ4v) is 4.88. The molecule has 4 aromatic rings. The van der Waals surface area contributed by atoms with Crippen molar-refractivity contribution in [3.8, 4) is 11.4 Å². The number of ether oxygens (including phenoxy) is 1. The monoisotopic (exact) mass is 607 g/mol. The van der Waals surface area contributed by atoms with Gasteiger partial charge in [-0.05, 0) is 71.5 Å². The number of aromatic nitrogens is 3. The van der Waals surface area contributed by atoms with Crippen LogP contribution in [0.15, 0.2) is 57.5 Å². The van der Waals surface area contributed by atoms with E-state index in [-0.39, 0.29) is 5.11 Å². The van der Waals surface area contributed by atoms with Gasteiger partial charge in [0.1, 0.15) is 16.8 Å². The summed E-state index contributed by atoms with van der Waals surface area (Å²) in [7, 11) is 1.49. The van der Waals surface area contributed by atoms with Gasteiger partial charge in [0.15, 0.2) is 5.11 Å². The van der Waals surface area contributed by atoms with Crippen LogP contribution in [0.3, 0.4) is 0 Å². The number of methoxy groups -OCH3 is 1. The highest BCUT2D eigenvalue weighted by Crippen LogP contribution is 2.33. The molecule has 0 saturated heterocycles. The minimum absolute atomic E-state index is 0.0744. The van der Waals surface area contributed by atoms with Crippen LogP contribution in [-0.4, -0.2) is 33.1 Å². The van der Waals surface area contributed by atoms with Crippen LogP contribution in [-0.2, 0) is 0 Å². The van der Waals surface area contributed by atoms with Crippen molar-refractivity contribution in [3.63, 3.8) is 0 Å². The molecule has 0 aliphatic carbocycles. The van der Waals surface area contributed by atoms with Crippen molar-refractivity contribution in [1.82, 2.24) is 20.3 Å². The molecule has 168 valence electrons. The molecule has 3 aromatic carbocycles. The number of anilines is 1. The van der Waals surface area contributed by atoms with Crippen molar-refractivity contribution in [2.45, 2.75) is 6.92 Å². The molecule has 0 aliphatic rings. The summed E-state index contributed by atoms with van der Waals surface area (Å²) in [6, 6.07) is 14.7. The van der Waals surface area contributed by atoms with Crippen LogP contribution in [0.25, 0.3) is 16.7 Å². The normalized spacial score (nSPS) is 10.8. The zero-order chi connectivity index (χ0) is 23.7. The van der Waals surface area contributed by atoms with Crippen LogP contribution in [0, 0.1) is 6.92 Å². The summed E-state index contributed by atoms with van der Waals surface area (Å²) in [5.74, 6) is -0.0421. The Morgan fingerprint density at radius 1 is 1.09 bits per heavy atom. The fourth-order valence-electron chi connectivity index (χ4n) is 3.09. The Morgan fingerprint density at radius 2 is 1.76 bits per heavy atom. The fraction of sp³-hybridized carbons (Fsp3) is 0.0909. The SMILES string of the molecule is COc1c(Br)cc(Br)cc1C(=O)NC(=S)Nc1cc2nn(-c3ccc(C)cc3)nc2cc1Cl. The van der Waals surface area contributed by atoms with E-state index in [4.69, 9.17) is 28.6 Å². The highest BCUT2D eigenvalue weighted by atomic mass is 79.9. The largest absolute Gasteiger partial charge is 0.495 e. The van der Waals surface area contributed by atoms with Crippen LogP contribution in [0.2, 0.25) is 5.02 Å². The number of nitrogens with zero attached hydrogens (tertiary/aromatic N) is 3. The minimum Gasteiger partial charge on any atom is -0.495 e. The first-order valence-electron chi connectivity index (χ1n) is 9.54. The number of amides is 1. The van der Waals surface area contributed by atoms with E-state index < -0.39 is 5.91 Å². The van der Waals surface area contributed by atoms with Gasteiger partial charge in [-0.25, -0.2) is 0 Å². The summed E-state index contributed by atoms with van der Waals surface area (Å²) in [5, 5.41) is 15.1. The van der Waals surface area contributed by atoms with Crippen molar-refractivity contribution in [1.29, 1.82) is 0 Å². The zero-order valence-corrected chi connectivity index (χ0v) is 22.1. The quantitative estimate of drug-likeness (QED) is 0.275. The van der Waals surface area contributed by atoms with E-state index in [1.165, 1.54) is 7.11 Å². The first kappa shape index (κ1) is 23.6. The second kappa shape index (κ2) is 9.76. The number of halogens is 3. The summed E-state index contributed by atoms with van der Waals surface area (Å²) >= 11 is 18.5. The smallest absolute Gasteiger partial charge is 0.261 e. The van der Waals surface area contributed by atoms with Crippen molar-refractivity contribution in [2.75, 3.05) is 12.4 Å². The lowest BCUT2D eigenvalue weighted by Crippen LogP contribution is -2.34. The molecule has 0 spiro atoms. The molecule has 4 rings (SSSR count). The Bertz CT molecular complexity index is 1390. The van der Waals surface area contributed by atoms with Crippen LogP contribution in [0.1, 0.15) is 15.9 Å². The summed E-state index contributed by atoms with van der Waals surface area (Å²) in [5.41, 5.74) is 4.03. The average molecular weight is 610 g/mol. The third-order valence-corrected chi connectivity index (χ3v) is 6.23. The van der Waals surface area contributed by atoms with Crippen LogP contribution >= 0.6 is 55.7 Å². The second-order valence-electron chi connectivity index (χ2n) is 7.02. The van der Waals surface area contributed by atoms with E-state index >= 15 is 0 Å². The maximum absolute atomic E-state index is 12.8. The lowest BCUT2D eigenvalue weighted by molar-refractivity contribution is 0.0974. The Hall–Kier alpha value is -2.53. The van der Waals surface area contributed by atoms with Gasteiger partial charge in [-0.1, -0.05) is 45.2 Å². The zero-order valence-electron chi connectivity index (χ0n) is 17.3. The number of nitrogens with one attached hydrogen (secondary N) is 2.